The van der Waals surface area contributed by atoms with Gasteiger partial charge in [0.15, 0.2) is 16.4 Å². The van der Waals surface area contributed by atoms with E-state index in [0.29, 0.717) is 23.7 Å². The van der Waals surface area contributed by atoms with Crippen molar-refractivity contribution in [3.05, 3.63) is 28.2 Å². The first-order valence-corrected chi connectivity index (χ1v) is 10.5. The number of carbonyl (C=O) groups excluding carboxylic acids is 1. The third kappa shape index (κ3) is 5.01. The van der Waals surface area contributed by atoms with E-state index < -0.39 is 9.84 Å². The van der Waals surface area contributed by atoms with Crippen LogP contribution in [0.5, 0.6) is 5.75 Å². The lowest BCUT2D eigenvalue weighted by Gasteiger charge is -2.28. The third-order valence-electron chi connectivity index (χ3n) is 3.99. The Labute approximate surface area is 152 Å². The molecule has 2 rings (SSSR count). The zero-order chi connectivity index (χ0) is 17.7. The van der Waals surface area contributed by atoms with Crippen molar-refractivity contribution in [2.75, 3.05) is 24.7 Å². The molecule has 1 aliphatic heterocycles. The van der Waals surface area contributed by atoms with Gasteiger partial charge in [0.25, 0.3) is 5.91 Å². The molecule has 24 heavy (non-hydrogen) atoms. The summed E-state index contributed by atoms with van der Waals surface area (Å²) < 4.78 is 28.9. The molecule has 134 valence electrons. The fourth-order valence-corrected chi connectivity index (χ4v) is 4.76. The number of amides is 1. The van der Waals surface area contributed by atoms with E-state index in [2.05, 4.69) is 0 Å². The molecule has 0 spiro atoms. The zero-order valence-corrected chi connectivity index (χ0v) is 15.8. The summed E-state index contributed by atoms with van der Waals surface area (Å²) in [6, 6.07) is 4.69. The van der Waals surface area contributed by atoms with Gasteiger partial charge in [-0.3, -0.25) is 4.79 Å². The summed E-state index contributed by atoms with van der Waals surface area (Å²) in [6.07, 6.45) is 2.22. The maximum absolute atomic E-state index is 12.5. The third-order valence-corrected chi connectivity index (χ3v) is 6.54. The molecule has 1 atom stereocenters. The van der Waals surface area contributed by atoms with Crippen LogP contribution in [0, 0.1) is 0 Å². The van der Waals surface area contributed by atoms with Crippen LogP contribution in [0.3, 0.4) is 0 Å². The number of unbranched alkanes of at least 4 members (excludes halogenated alkanes) is 1. The molecular weight excluding hydrogens is 373 g/mol. The Balaban J connectivity index is 2.03. The summed E-state index contributed by atoms with van der Waals surface area (Å²) in [5, 5.41) is 0.613. The van der Waals surface area contributed by atoms with Gasteiger partial charge in [0.05, 0.1) is 16.5 Å². The number of carbonyl (C=O) groups is 1. The van der Waals surface area contributed by atoms with Gasteiger partial charge < -0.3 is 9.64 Å². The molecule has 1 amide bonds. The van der Waals surface area contributed by atoms with E-state index in [1.807, 2.05) is 6.92 Å². The van der Waals surface area contributed by atoms with E-state index in [-0.39, 0.29) is 35.1 Å². The highest BCUT2D eigenvalue weighted by Crippen LogP contribution is 2.31. The molecule has 1 aromatic rings. The zero-order valence-electron chi connectivity index (χ0n) is 13.5. The highest BCUT2D eigenvalue weighted by atomic mass is 35.5. The number of benzene rings is 1. The molecule has 0 radical (unpaired) electrons. The molecule has 0 aliphatic carbocycles. The van der Waals surface area contributed by atoms with Crippen LogP contribution in [0.2, 0.25) is 10.0 Å². The van der Waals surface area contributed by atoms with E-state index in [0.717, 1.165) is 12.8 Å². The molecule has 1 unspecified atom stereocenters. The van der Waals surface area contributed by atoms with Gasteiger partial charge in [-0.25, -0.2) is 8.42 Å². The fourth-order valence-electron chi connectivity index (χ4n) is 2.68. The molecule has 0 N–H and O–H groups in total. The van der Waals surface area contributed by atoms with Gasteiger partial charge in [-0.05, 0) is 25.0 Å². The van der Waals surface area contributed by atoms with Gasteiger partial charge in [0, 0.05) is 12.6 Å². The van der Waals surface area contributed by atoms with Crippen molar-refractivity contribution in [1.29, 1.82) is 0 Å². The number of sulfone groups is 1. The van der Waals surface area contributed by atoms with E-state index in [9.17, 15) is 13.2 Å². The first-order chi connectivity index (χ1) is 11.3. The molecule has 0 aromatic heterocycles. The predicted octanol–water partition coefficient (Wildman–Crippen LogP) is 3.19. The molecule has 1 saturated heterocycles. The van der Waals surface area contributed by atoms with Crippen molar-refractivity contribution in [2.45, 2.75) is 32.2 Å². The molecular formula is C16H21Cl2NO4S. The molecule has 1 aromatic carbocycles. The largest absolute Gasteiger partial charge is 0.482 e. The Morgan fingerprint density at radius 1 is 1.38 bits per heavy atom. The molecule has 0 bridgehead atoms. The summed E-state index contributed by atoms with van der Waals surface area (Å²) in [5.41, 5.74) is 0. The van der Waals surface area contributed by atoms with Gasteiger partial charge in [-0.2, -0.15) is 0 Å². The van der Waals surface area contributed by atoms with Crippen molar-refractivity contribution in [3.63, 3.8) is 0 Å². The summed E-state index contributed by atoms with van der Waals surface area (Å²) >= 11 is 12.0. The standard InChI is InChI=1S/C16H21Cl2NO4S/c1-2-3-8-19(12-7-9-24(21,22)11-12)15(20)10-23-14-6-4-5-13(17)16(14)18/h4-6,12H,2-3,7-11H2,1H3. The van der Waals surface area contributed by atoms with Gasteiger partial charge in [0.2, 0.25) is 0 Å². The molecule has 5 nitrogen and oxygen atoms in total. The molecule has 1 fully saturated rings. The van der Waals surface area contributed by atoms with Gasteiger partial charge in [0.1, 0.15) is 10.8 Å². The van der Waals surface area contributed by atoms with Crippen LogP contribution in [0.4, 0.5) is 0 Å². The highest BCUT2D eigenvalue weighted by molar-refractivity contribution is 7.91. The average molecular weight is 394 g/mol. The monoisotopic (exact) mass is 393 g/mol. The average Bonchev–Trinajstić information content (AvgIpc) is 2.89. The number of ether oxygens (including phenoxy) is 1. The normalized spacial score (nSPS) is 19.2. The van der Waals surface area contributed by atoms with Crippen molar-refractivity contribution in [3.8, 4) is 5.75 Å². The minimum atomic E-state index is -3.05. The number of nitrogens with zero attached hydrogens (tertiary/aromatic N) is 1. The van der Waals surface area contributed by atoms with Crippen molar-refractivity contribution in [1.82, 2.24) is 4.90 Å². The maximum Gasteiger partial charge on any atom is 0.260 e. The van der Waals surface area contributed by atoms with Gasteiger partial charge in [-0.1, -0.05) is 42.6 Å². The van der Waals surface area contributed by atoms with Crippen LogP contribution >= 0.6 is 23.2 Å². The van der Waals surface area contributed by atoms with Crippen molar-refractivity contribution >= 4 is 38.9 Å². The van der Waals surface area contributed by atoms with Crippen LogP contribution in [0.1, 0.15) is 26.2 Å². The lowest BCUT2D eigenvalue weighted by molar-refractivity contribution is -0.135. The molecule has 1 aliphatic rings. The minimum Gasteiger partial charge on any atom is -0.482 e. The van der Waals surface area contributed by atoms with E-state index >= 15 is 0 Å². The van der Waals surface area contributed by atoms with E-state index in [4.69, 9.17) is 27.9 Å². The smallest absolute Gasteiger partial charge is 0.260 e. The Morgan fingerprint density at radius 3 is 2.75 bits per heavy atom. The SMILES string of the molecule is CCCCN(C(=O)COc1cccc(Cl)c1Cl)C1CCS(=O)(=O)C1. The second-order valence-corrected chi connectivity index (χ2v) is 8.85. The lowest BCUT2D eigenvalue weighted by Crippen LogP contribution is -2.44. The summed E-state index contributed by atoms with van der Waals surface area (Å²) in [4.78, 5) is 14.2. The second-order valence-electron chi connectivity index (χ2n) is 5.84. The van der Waals surface area contributed by atoms with Crippen LogP contribution in [0.25, 0.3) is 0 Å². The quantitative estimate of drug-likeness (QED) is 0.713. The second kappa shape index (κ2) is 8.41. The molecule has 0 saturated carbocycles. The van der Waals surface area contributed by atoms with Crippen LogP contribution in [0.15, 0.2) is 18.2 Å². The Hall–Kier alpha value is -0.980. The highest BCUT2D eigenvalue weighted by Gasteiger charge is 2.34. The van der Waals surface area contributed by atoms with E-state index in [1.165, 1.54) is 0 Å². The number of hydrogen-bond acceptors (Lipinski definition) is 4. The first-order valence-electron chi connectivity index (χ1n) is 7.90. The number of rotatable bonds is 7. The summed E-state index contributed by atoms with van der Waals surface area (Å²) in [5.74, 6) is 0.267. The van der Waals surface area contributed by atoms with Crippen LogP contribution < -0.4 is 4.74 Å². The fraction of sp³-hybridized carbons (Fsp3) is 0.562. The van der Waals surface area contributed by atoms with Gasteiger partial charge in [-0.15, -0.1) is 0 Å². The summed E-state index contributed by atoms with van der Waals surface area (Å²) in [7, 11) is -3.05. The predicted molar refractivity (Wildman–Crippen MR) is 95.6 cm³/mol. The molecule has 1 heterocycles. The maximum atomic E-state index is 12.5. The Kier molecular flexibility index (Phi) is 6.78. The molecule has 8 heteroatoms. The first kappa shape index (κ1) is 19.3. The topological polar surface area (TPSA) is 63.7 Å². The number of hydrogen-bond donors (Lipinski definition) is 0. The minimum absolute atomic E-state index is 0.0282. The Bertz CT molecular complexity index is 693. The van der Waals surface area contributed by atoms with Crippen molar-refractivity contribution in [2.24, 2.45) is 0 Å². The van der Waals surface area contributed by atoms with Crippen LogP contribution in [-0.4, -0.2) is 49.9 Å². The van der Waals surface area contributed by atoms with Crippen molar-refractivity contribution < 1.29 is 17.9 Å². The lowest BCUT2D eigenvalue weighted by atomic mass is 10.2. The van der Waals surface area contributed by atoms with Gasteiger partial charge >= 0.3 is 0 Å². The van der Waals surface area contributed by atoms with E-state index in [1.54, 1.807) is 23.1 Å². The Morgan fingerprint density at radius 2 is 2.12 bits per heavy atom. The summed E-state index contributed by atoms with van der Waals surface area (Å²) in [6.45, 7) is 2.36. The number of halogens is 2. The van der Waals surface area contributed by atoms with Crippen LogP contribution in [-0.2, 0) is 14.6 Å².